The Hall–Kier alpha value is -2.54. The first-order valence-corrected chi connectivity index (χ1v) is 7.60. The Labute approximate surface area is 139 Å². The molecule has 1 N–H and O–H groups in total. The van der Waals surface area contributed by atoms with Crippen LogP contribution in [0, 0.1) is 5.82 Å². The average Bonchev–Trinajstić information content (AvgIpc) is 2.90. The number of carbonyl (C=O) groups excluding carboxylic acids is 3. The summed E-state index contributed by atoms with van der Waals surface area (Å²) in [5, 5.41) is 1.76. The largest absolute Gasteiger partial charge is 0.460 e. The molecule has 6 nitrogen and oxygen atoms in total. The predicted octanol–water partition coefficient (Wildman–Crippen LogP) is 1.51. The van der Waals surface area contributed by atoms with Gasteiger partial charge in [-0.25, -0.2) is 14.6 Å². The van der Waals surface area contributed by atoms with Crippen molar-refractivity contribution in [2.24, 2.45) is 0 Å². The van der Waals surface area contributed by atoms with Crippen LogP contribution in [-0.2, 0) is 25.7 Å². The number of hydrogen-bond donors (Lipinski definition) is 1. The highest BCUT2D eigenvalue weighted by atomic mass is 19.1. The Morgan fingerprint density at radius 3 is 2.54 bits per heavy atom. The SMILES string of the molecule is CCOC(=O)C(=O)CC(=O)C1=C(C)N(Cc2ccc(F)cc2)NC1. The van der Waals surface area contributed by atoms with E-state index in [-0.39, 0.29) is 19.0 Å². The maximum absolute atomic E-state index is 12.9. The van der Waals surface area contributed by atoms with E-state index >= 15 is 0 Å². The number of esters is 1. The van der Waals surface area contributed by atoms with Crippen LogP contribution >= 0.6 is 0 Å². The maximum atomic E-state index is 12.9. The lowest BCUT2D eigenvalue weighted by molar-refractivity contribution is -0.154. The Balaban J connectivity index is 2.01. The molecule has 1 aromatic carbocycles. The standard InChI is InChI=1S/C17H19FN2O4/c1-3-24-17(23)16(22)8-15(21)14-9-19-20(11(14)2)10-12-4-6-13(18)7-5-12/h4-7,19H,3,8-10H2,1-2H3. The van der Waals surface area contributed by atoms with E-state index in [1.165, 1.54) is 12.1 Å². The molecule has 0 saturated heterocycles. The van der Waals surface area contributed by atoms with Gasteiger partial charge >= 0.3 is 5.97 Å². The van der Waals surface area contributed by atoms with Gasteiger partial charge in [0.2, 0.25) is 5.78 Å². The average molecular weight is 334 g/mol. The number of benzene rings is 1. The van der Waals surface area contributed by atoms with E-state index in [0.29, 0.717) is 17.8 Å². The second-order valence-electron chi connectivity index (χ2n) is 5.36. The molecule has 2 rings (SSSR count). The van der Waals surface area contributed by atoms with Gasteiger partial charge < -0.3 is 9.75 Å². The molecule has 0 saturated carbocycles. The van der Waals surface area contributed by atoms with Crippen molar-refractivity contribution in [3.63, 3.8) is 0 Å². The fraction of sp³-hybridized carbons (Fsp3) is 0.353. The Bertz CT molecular complexity index is 682. The molecular weight excluding hydrogens is 315 g/mol. The second kappa shape index (κ2) is 7.83. The first kappa shape index (κ1) is 17.8. The second-order valence-corrected chi connectivity index (χ2v) is 5.36. The predicted molar refractivity (Wildman–Crippen MR) is 83.9 cm³/mol. The quantitative estimate of drug-likeness (QED) is 0.463. The summed E-state index contributed by atoms with van der Waals surface area (Å²) in [4.78, 5) is 35.1. The van der Waals surface area contributed by atoms with Gasteiger partial charge in [-0.15, -0.1) is 0 Å². The van der Waals surface area contributed by atoms with Crippen LogP contribution < -0.4 is 5.43 Å². The Kier molecular flexibility index (Phi) is 5.81. The minimum absolute atomic E-state index is 0.0908. The first-order valence-electron chi connectivity index (χ1n) is 7.60. The zero-order chi connectivity index (χ0) is 17.7. The van der Waals surface area contributed by atoms with Gasteiger partial charge in [0.25, 0.3) is 0 Å². The number of nitrogens with zero attached hydrogens (tertiary/aromatic N) is 1. The number of hydrogen-bond acceptors (Lipinski definition) is 6. The molecule has 0 atom stereocenters. The van der Waals surface area contributed by atoms with E-state index in [9.17, 15) is 18.8 Å². The van der Waals surface area contributed by atoms with Crippen molar-refractivity contribution in [1.82, 2.24) is 10.4 Å². The molecule has 0 amide bonds. The molecule has 1 aromatic rings. The van der Waals surface area contributed by atoms with Crippen molar-refractivity contribution in [1.29, 1.82) is 0 Å². The molecule has 0 aromatic heterocycles. The number of hydrazine groups is 1. The van der Waals surface area contributed by atoms with Crippen LogP contribution in [0.5, 0.6) is 0 Å². The van der Waals surface area contributed by atoms with E-state index in [4.69, 9.17) is 0 Å². The van der Waals surface area contributed by atoms with Crippen molar-refractivity contribution in [3.8, 4) is 0 Å². The number of ether oxygens (including phenoxy) is 1. The number of nitrogens with one attached hydrogen (secondary N) is 1. The van der Waals surface area contributed by atoms with Gasteiger partial charge in [0.15, 0.2) is 5.78 Å². The van der Waals surface area contributed by atoms with Gasteiger partial charge in [0.05, 0.1) is 19.6 Å². The van der Waals surface area contributed by atoms with Gasteiger partial charge in [-0.05, 0) is 31.5 Å². The minimum Gasteiger partial charge on any atom is -0.460 e. The summed E-state index contributed by atoms with van der Waals surface area (Å²) in [5.74, 6) is -2.55. The molecule has 0 fully saturated rings. The number of ketones is 2. The van der Waals surface area contributed by atoms with Crippen LogP contribution in [0.3, 0.4) is 0 Å². The summed E-state index contributed by atoms with van der Waals surface area (Å²) >= 11 is 0. The van der Waals surface area contributed by atoms with Crippen LogP contribution in [0.25, 0.3) is 0 Å². The van der Waals surface area contributed by atoms with E-state index in [2.05, 4.69) is 10.2 Å². The van der Waals surface area contributed by atoms with E-state index < -0.39 is 24.0 Å². The van der Waals surface area contributed by atoms with Gasteiger partial charge in [-0.1, -0.05) is 12.1 Å². The highest BCUT2D eigenvalue weighted by Crippen LogP contribution is 2.19. The zero-order valence-corrected chi connectivity index (χ0v) is 13.6. The molecule has 128 valence electrons. The van der Waals surface area contributed by atoms with Crippen molar-refractivity contribution in [2.45, 2.75) is 26.8 Å². The summed E-state index contributed by atoms with van der Waals surface area (Å²) in [6.45, 7) is 4.17. The lowest BCUT2D eigenvalue weighted by atomic mass is 10.1. The maximum Gasteiger partial charge on any atom is 0.375 e. The van der Waals surface area contributed by atoms with Crippen molar-refractivity contribution >= 4 is 17.5 Å². The van der Waals surface area contributed by atoms with E-state index in [0.717, 1.165) is 5.56 Å². The number of allylic oxidation sites excluding steroid dienone is 1. The van der Waals surface area contributed by atoms with Gasteiger partial charge in [0, 0.05) is 17.8 Å². The van der Waals surface area contributed by atoms with Crippen LogP contribution in [-0.4, -0.2) is 35.7 Å². The third-order valence-electron chi connectivity index (χ3n) is 3.70. The van der Waals surface area contributed by atoms with Crippen molar-refractivity contribution in [3.05, 3.63) is 46.9 Å². The number of Topliss-reactive ketones (excluding diaryl/α,β-unsaturated/α-hetero) is 2. The zero-order valence-electron chi connectivity index (χ0n) is 13.6. The van der Waals surface area contributed by atoms with Gasteiger partial charge in [-0.2, -0.15) is 0 Å². The fourth-order valence-corrected chi connectivity index (χ4v) is 2.37. The molecule has 0 aliphatic carbocycles. The molecule has 1 heterocycles. The van der Waals surface area contributed by atoms with Crippen LogP contribution in [0.1, 0.15) is 25.8 Å². The minimum atomic E-state index is -0.988. The molecule has 0 bridgehead atoms. The van der Waals surface area contributed by atoms with Gasteiger partial charge in [0.1, 0.15) is 5.82 Å². The highest BCUT2D eigenvalue weighted by Gasteiger charge is 2.27. The van der Waals surface area contributed by atoms with Crippen molar-refractivity contribution in [2.75, 3.05) is 13.2 Å². The van der Waals surface area contributed by atoms with Gasteiger partial charge in [-0.3, -0.25) is 9.59 Å². The molecule has 1 aliphatic heterocycles. The summed E-state index contributed by atoms with van der Waals surface area (Å²) in [7, 11) is 0. The molecule has 0 radical (unpaired) electrons. The van der Waals surface area contributed by atoms with E-state index in [1.54, 1.807) is 31.0 Å². The molecule has 7 heteroatoms. The lowest BCUT2D eigenvalue weighted by Gasteiger charge is -2.20. The monoisotopic (exact) mass is 334 g/mol. The molecule has 0 spiro atoms. The molecule has 24 heavy (non-hydrogen) atoms. The number of carbonyl (C=O) groups is 3. The molecular formula is C17H19FN2O4. The Morgan fingerprint density at radius 1 is 1.25 bits per heavy atom. The van der Waals surface area contributed by atoms with Crippen LogP contribution in [0.15, 0.2) is 35.5 Å². The fourth-order valence-electron chi connectivity index (χ4n) is 2.37. The third-order valence-corrected chi connectivity index (χ3v) is 3.70. The first-order chi connectivity index (χ1) is 11.4. The molecule has 1 aliphatic rings. The topological polar surface area (TPSA) is 75.7 Å². The third kappa shape index (κ3) is 4.26. The number of rotatable bonds is 7. The van der Waals surface area contributed by atoms with Crippen molar-refractivity contribution < 1.29 is 23.5 Å². The summed E-state index contributed by atoms with van der Waals surface area (Å²) in [6.07, 6.45) is -0.502. The summed E-state index contributed by atoms with van der Waals surface area (Å²) in [5.41, 5.74) is 5.05. The summed E-state index contributed by atoms with van der Waals surface area (Å²) in [6, 6.07) is 6.06. The van der Waals surface area contributed by atoms with Crippen LogP contribution in [0.4, 0.5) is 4.39 Å². The lowest BCUT2D eigenvalue weighted by Crippen LogP contribution is -2.30. The number of halogens is 1. The summed E-state index contributed by atoms with van der Waals surface area (Å²) < 4.78 is 17.5. The molecule has 0 unspecified atom stereocenters. The smallest absolute Gasteiger partial charge is 0.375 e. The Morgan fingerprint density at radius 2 is 1.92 bits per heavy atom. The van der Waals surface area contributed by atoms with E-state index in [1.807, 2.05) is 0 Å². The highest BCUT2D eigenvalue weighted by molar-refractivity contribution is 6.38. The normalized spacial score (nSPS) is 14.0. The van der Waals surface area contributed by atoms with Crippen LogP contribution in [0.2, 0.25) is 0 Å².